The van der Waals surface area contributed by atoms with E-state index in [-0.39, 0.29) is 5.91 Å². The molecule has 4 rings (SSSR count). The van der Waals surface area contributed by atoms with E-state index in [9.17, 15) is 4.79 Å². The molecule has 5 nitrogen and oxygen atoms in total. The molecule has 2 aromatic carbocycles. The van der Waals surface area contributed by atoms with Gasteiger partial charge in [-0.1, -0.05) is 36.5 Å². The van der Waals surface area contributed by atoms with Gasteiger partial charge in [0.15, 0.2) is 5.13 Å². The van der Waals surface area contributed by atoms with Crippen molar-refractivity contribution in [3.8, 4) is 5.75 Å². The average Bonchev–Trinajstić information content (AvgIpc) is 3.18. The van der Waals surface area contributed by atoms with Crippen LogP contribution in [0.3, 0.4) is 0 Å². The summed E-state index contributed by atoms with van der Waals surface area (Å²) in [6.07, 6.45) is 0.989. The topological polar surface area (TPSA) is 45.7 Å². The first-order chi connectivity index (χ1) is 13.2. The summed E-state index contributed by atoms with van der Waals surface area (Å²) in [6, 6.07) is 13.7. The van der Waals surface area contributed by atoms with E-state index in [1.165, 1.54) is 10.3 Å². The number of aryl methyl sites for hydroxylation is 1. The van der Waals surface area contributed by atoms with Gasteiger partial charge in [0, 0.05) is 31.7 Å². The molecule has 0 N–H and O–H groups in total. The van der Waals surface area contributed by atoms with E-state index in [0.717, 1.165) is 30.2 Å². The van der Waals surface area contributed by atoms with E-state index < -0.39 is 0 Å². The van der Waals surface area contributed by atoms with Crippen LogP contribution in [-0.4, -0.2) is 49.1 Å². The molecule has 0 saturated carbocycles. The summed E-state index contributed by atoms with van der Waals surface area (Å²) in [5, 5.41) is 1.05. The molecule has 0 aliphatic carbocycles. The van der Waals surface area contributed by atoms with Crippen LogP contribution in [0.25, 0.3) is 10.2 Å². The summed E-state index contributed by atoms with van der Waals surface area (Å²) in [6.45, 7) is 5.17. The molecule has 2 heterocycles. The maximum absolute atomic E-state index is 12.8. The van der Waals surface area contributed by atoms with E-state index >= 15 is 0 Å². The molecule has 1 aromatic heterocycles. The summed E-state index contributed by atoms with van der Waals surface area (Å²) < 4.78 is 6.46. The number of hydrogen-bond acceptors (Lipinski definition) is 5. The van der Waals surface area contributed by atoms with Gasteiger partial charge in [-0.3, -0.25) is 4.79 Å². The highest BCUT2D eigenvalue weighted by Gasteiger charge is 2.24. The fraction of sp³-hybridized carbons (Fsp3) is 0.333. The molecule has 1 fully saturated rings. The van der Waals surface area contributed by atoms with Crippen molar-refractivity contribution in [2.45, 2.75) is 13.3 Å². The Morgan fingerprint density at radius 2 is 1.93 bits per heavy atom. The summed E-state index contributed by atoms with van der Waals surface area (Å²) in [4.78, 5) is 21.9. The Labute approximate surface area is 163 Å². The van der Waals surface area contributed by atoms with Gasteiger partial charge in [-0.25, -0.2) is 4.98 Å². The summed E-state index contributed by atoms with van der Waals surface area (Å²) in [5.41, 5.74) is 3.09. The number of nitrogens with zero attached hydrogens (tertiary/aromatic N) is 3. The Kier molecular flexibility index (Phi) is 4.99. The zero-order chi connectivity index (χ0) is 18.8. The fourth-order valence-electron chi connectivity index (χ4n) is 3.45. The van der Waals surface area contributed by atoms with Crippen molar-refractivity contribution in [1.29, 1.82) is 0 Å². The quantitative estimate of drug-likeness (QED) is 0.689. The Morgan fingerprint density at radius 1 is 1.15 bits per heavy atom. The largest absolute Gasteiger partial charge is 0.497 e. The number of rotatable bonds is 4. The van der Waals surface area contributed by atoms with Gasteiger partial charge in [0.05, 0.1) is 17.3 Å². The highest BCUT2D eigenvalue weighted by Crippen LogP contribution is 2.31. The molecule has 0 spiro atoms. The number of carbonyl (C=O) groups excluding carboxylic acids is 1. The molecule has 0 atom stereocenters. The number of ether oxygens (including phenoxy) is 1. The zero-order valence-corrected chi connectivity index (χ0v) is 16.5. The monoisotopic (exact) mass is 381 g/mol. The number of benzene rings is 2. The maximum atomic E-state index is 12.8. The Hall–Kier alpha value is -2.60. The minimum absolute atomic E-state index is 0.0612. The lowest BCUT2D eigenvalue weighted by Gasteiger charge is -2.34. The van der Waals surface area contributed by atoms with Crippen LogP contribution in [0.1, 0.15) is 22.8 Å². The molecule has 1 amide bonds. The molecule has 1 aliphatic rings. The van der Waals surface area contributed by atoms with Crippen LogP contribution in [0.4, 0.5) is 5.13 Å². The molecule has 140 valence electrons. The molecule has 0 unspecified atom stereocenters. The van der Waals surface area contributed by atoms with Gasteiger partial charge in [-0.05, 0) is 36.2 Å². The number of thiazole rings is 1. The van der Waals surface area contributed by atoms with E-state index in [2.05, 4.69) is 30.0 Å². The number of fused-ring (bicyclic) bond motifs is 1. The molecular formula is C21H23N3O2S. The van der Waals surface area contributed by atoms with Gasteiger partial charge >= 0.3 is 0 Å². The minimum Gasteiger partial charge on any atom is -0.497 e. The second kappa shape index (κ2) is 7.56. The van der Waals surface area contributed by atoms with Crippen LogP contribution in [0.5, 0.6) is 5.75 Å². The second-order valence-electron chi connectivity index (χ2n) is 6.63. The first-order valence-electron chi connectivity index (χ1n) is 9.26. The molecule has 1 saturated heterocycles. The van der Waals surface area contributed by atoms with Crippen molar-refractivity contribution in [1.82, 2.24) is 9.88 Å². The normalized spacial score (nSPS) is 14.6. The SMILES string of the molecule is CCc1cccc2sc(N3CCN(C(=O)c4cccc(OC)c4)CC3)nc12. The third-order valence-electron chi connectivity index (χ3n) is 5.03. The number of aromatic nitrogens is 1. The third kappa shape index (κ3) is 3.49. The molecule has 0 radical (unpaired) electrons. The summed E-state index contributed by atoms with van der Waals surface area (Å²) in [7, 11) is 1.62. The van der Waals surface area contributed by atoms with E-state index in [1.54, 1.807) is 24.5 Å². The van der Waals surface area contributed by atoms with Crippen molar-refractivity contribution in [2.75, 3.05) is 38.2 Å². The van der Waals surface area contributed by atoms with Gasteiger partial charge < -0.3 is 14.5 Å². The van der Waals surface area contributed by atoms with Crippen molar-refractivity contribution < 1.29 is 9.53 Å². The Balaban J connectivity index is 1.46. The number of anilines is 1. The Bertz CT molecular complexity index is 961. The van der Waals surface area contributed by atoms with E-state index in [0.29, 0.717) is 24.4 Å². The highest BCUT2D eigenvalue weighted by atomic mass is 32.1. The maximum Gasteiger partial charge on any atom is 0.254 e. The molecular weight excluding hydrogens is 358 g/mol. The lowest BCUT2D eigenvalue weighted by Crippen LogP contribution is -2.48. The first kappa shape index (κ1) is 17.8. The number of amides is 1. The molecule has 27 heavy (non-hydrogen) atoms. The van der Waals surface area contributed by atoms with Crippen LogP contribution in [0.2, 0.25) is 0 Å². The van der Waals surface area contributed by atoms with Crippen molar-refractivity contribution in [3.05, 3.63) is 53.6 Å². The predicted molar refractivity (Wildman–Crippen MR) is 110 cm³/mol. The molecule has 6 heteroatoms. The molecule has 1 aliphatic heterocycles. The second-order valence-corrected chi connectivity index (χ2v) is 7.63. The number of methoxy groups -OCH3 is 1. The molecule has 3 aromatic rings. The zero-order valence-electron chi connectivity index (χ0n) is 15.6. The van der Waals surface area contributed by atoms with Crippen LogP contribution in [0.15, 0.2) is 42.5 Å². The average molecular weight is 382 g/mol. The van der Waals surface area contributed by atoms with E-state index in [1.807, 2.05) is 23.1 Å². The minimum atomic E-state index is 0.0612. The van der Waals surface area contributed by atoms with E-state index in [4.69, 9.17) is 9.72 Å². The van der Waals surface area contributed by atoms with Gasteiger partial charge in [0.2, 0.25) is 0 Å². The van der Waals surface area contributed by atoms with Crippen LogP contribution in [-0.2, 0) is 6.42 Å². The number of piperazine rings is 1. The van der Waals surface area contributed by atoms with Crippen molar-refractivity contribution in [2.24, 2.45) is 0 Å². The summed E-state index contributed by atoms with van der Waals surface area (Å²) >= 11 is 1.74. The standard InChI is InChI=1S/C21H23N3O2S/c1-3-15-6-5-9-18-19(15)22-21(27-18)24-12-10-23(11-13-24)20(25)16-7-4-8-17(14-16)26-2/h4-9,14H,3,10-13H2,1-2H3. The van der Waals surface area contributed by atoms with Crippen LogP contribution in [0, 0.1) is 0 Å². The summed E-state index contributed by atoms with van der Waals surface area (Å²) in [5.74, 6) is 0.770. The lowest BCUT2D eigenvalue weighted by atomic mass is 10.1. The van der Waals surface area contributed by atoms with Crippen molar-refractivity contribution >= 4 is 32.6 Å². The van der Waals surface area contributed by atoms with Gasteiger partial charge in [0.1, 0.15) is 5.75 Å². The lowest BCUT2D eigenvalue weighted by molar-refractivity contribution is 0.0746. The fourth-order valence-corrected chi connectivity index (χ4v) is 4.52. The smallest absolute Gasteiger partial charge is 0.254 e. The number of hydrogen-bond donors (Lipinski definition) is 0. The number of carbonyl (C=O) groups is 1. The van der Waals surface area contributed by atoms with Gasteiger partial charge in [0.25, 0.3) is 5.91 Å². The number of para-hydroxylation sites is 1. The predicted octanol–water partition coefficient (Wildman–Crippen LogP) is 3.83. The highest BCUT2D eigenvalue weighted by molar-refractivity contribution is 7.22. The first-order valence-corrected chi connectivity index (χ1v) is 10.1. The van der Waals surface area contributed by atoms with Gasteiger partial charge in [-0.15, -0.1) is 0 Å². The van der Waals surface area contributed by atoms with Gasteiger partial charge in [-0.2, -0.15) is 0 Å². The van der Waals surface area contributed by atoms with Crippen molar-refractivity contribution in [3.63, 3.8) is 0 Å². The van der Waals surface area contributed by atoms with Crippen LogP contribution >= 0.6 is 11.3 Å². The third-order valence-corrected chi connectivity index (χ3v) is 6.11. The molecule has 0 bridgehead atoms. The van der Waals surface area contributed by atoms with Crippen LogP contribution < -0.4 is 9.64 Å². The Morgan fingerprint density at radius 3 is 2.67 bits per heavy atom.